The summed E-state index contributed by atoms with van der Waals surface area (Å²) in [6.45, 7) is 2.60. The highest BCUT2D eigenvalue weighted by Gasteiger charge is 1.90. The summed E-state index contributed by atoms with van der Waals surface area (Å²) < 4.78 is 0. The molecule has 0 saturated heterocycles. The van der Waals surface area contributed by atoms with Gasteiger partial charge in [-0.25, -0.2) is 4.79 Å². The standard InChI is InChI=1S/C5H8N2OS/c1-2-3-6-5(8)7-4-9/h2-3H2,1H3,(H,6,8). The van der Waals surface area contributed by atoms with Gasteiger partial charge in [-0.1, -0.05) is 6.92 Å². The Morgan fingerprint density at radius 1 is 1.89 bits per heavy atom. The molecule has 0 unspecified atom stereocenters. The van der Waals surface area contributed by atoms with Crippen molar-refractivity contribution in [3.05, 3.63) is 0 Å². The minimum absolute atomic E-state index is 0.410. The Bertz CT molecular complexity index is 140. The SMILES string of the molecule is CCCNC(=O)N=C=S. The first kappa shape index (κ1) is 8.27. The molecule has 0 aromatic carbocycles. The Morgan fingerprint density at radius 2 is 2.56 bits per heavy atom. The molecule has 0 aromatic rings. The molecule has 0 fully saturated rings. The molecule has 0 heterocycles. The predicted molar refractivity (Wildman–Crippen MR) is 38.7 cm³/mol. The van der Waals surface area contributed by atoms with E-state index in [1.54, 1.807) is 0 Å². The van der Waals surface area contributed by atoms with E-state index in [1.807, 2.05) is 12.1 Å². The molecular weight excluding hydrogens is 136 g/mol. The van der Waals surface area contributed by atoms with Crippen molar-refractivity contribution < 1.29 is 4.79 Å². The number of urea groups is 1. The Morgan fingerprint density at radius 3 is 3.00 bits per heavy atom. The van der Waals surface area contributed by atoms with Gasteiger partial charge in [-0.3, -0.25) is 0 Å². The summed E-state index contributed by atoms with van der Waals surface area (Å²) in [4.78, 5) is 13.6. The van der Waals surface area contributed by atoms with E-state index in [-0.39, 0.29) is 0 Å². The lowest BCUT2D eigenvalue weighted by Gasteiger charge is -1.93. The van der Waals surface area contributed by atoms with Crippen molar-refractivity contribution in [2.45, 2.75) is 13.3 Å². The molecule has 2 amide bonds. The Hall–Kier alpha value is -0.730. The highest BCUT2D eigenvalue weighted by molar-refractivity contribution is 7.78. The first-order valence-corrected chi connectivity index (χ1v) is 3.07. The van der Waals surface area contributed by atoms with Gasteiger partial charge in [-0.05, 0) is 18.6 Å². The zero-order chi connectivity index (χ0) is 7.11. The van der Waals surface area contributed by atoms with Crippen LogP contribution in [0.15, 0.2) is 4.99 Å². The van der Waals surface area contributed by atoms with Gasteiger partial charge >= 0.3 is 6.03 Å². The summed E-state index contributed by atoms with van der Waals surface area (Å²) in [5.74, 6) is 0. The molecule has 50 valence electrons. The molecule has 0 aliphatic heterocycles. The van der Waals surface area contributed by atoms with Crippen LogP contribution in [0.2, 0.25) is 0 Å². The fourth-order valence-corrected chi connectivity index (χ4v) is 0.396. The number of carbonyl (C=O) groups is 1. The van der Waals surface area contributed by atoms with Gasteiger partial charge in [0.1, 0.15) is 0 Å². The Balaban J connectivity index is 3.39. The monoisotopic (exact) mass is 144 g/mol. The van der Waals surface area contributed by atoms with Crippen LogP contribution in [0, 0.1) is 0 Å². The molecule has 3 nitrogen and oxygen atoms in total. The molecule has 0 radical (unpaired) electrons. The summed E-state index contributed by atoms with van der Waals surface area (Å²) in [5, 5.41) is 4.47. The van der Waals surface area contributed by atoms with Crippen LogP contribution in [0.3, 0.4) is 0 Å². The van der Waals surface area contributed by atoms with Gasteiger partial charge in [-0.2, -0.15) is 0 Å². The molecule has 0 rings (SSSR count). The van der Waals surface area contributed by atoms with Crippen molar-refractivity contribution >= 4 is 23.4 Å². The number of aliphatic imine (C=N–C) groups is 1. The van der Waals surface area contributed by atoms with Gasteiger partial charge in [0.05, 0.1) is 5.16 Å². The summed E-state index contributed by atoms with van der Waals surface area (Å²) in [6.07, 6.45) is 0.901. The number of nitrogens with one attached hydrogen (secondary N) is 1. The van der Waals surface area contributed by atoms with Crippen LogP contribution in [-0.4, -0.2) is 17.7 Å². The number of rotatable bonds is 2. The number of carbonyl (C=O) groups excluding carboxylic acids is 1. The summed E-state index contributed by atoms with van der Waals surface area (Å²) in [7, 11) is 0. The first-order valence-electron chi connectivity index (χ1n) is 2.67. The zero-order valence-electron chi connectivity index (χ0n) is 5.18. The smallest absolute Gasteiger partial charge is 0.336 e. The van der Waals surface area contributed by atoms with Crippen molar-refractivity contribution in [1.29, 1.82) is 0 Å². The molecule has 9 heavy (non-hydrogen) atoms. The van der Waals surface area contributed by atoms with Crippen molar-refractivity contribution in [3.63, 3.8) is 0 Å². The van der Waals surface area contributed by atoms with Gasteiger partial charge in [0.15, 0.2) is 0 Å². The highest BCUT2D eigenvalue weighted by atomic mass is 32.1. The van der Waals surface area contributed by atoms with Crippen LogP contribution in [0.1, 0.15) is 13.3 Å². The van der Waals surface area contributed by atoms with Crippen molar-refractivity contribution in [2.75, 3.05) is 6.54 Å². The maximum absolute atomic E-state index is 10.4. The molecule has 0 aliphatic rings. The molecule has 0 saturated carbocycles. The lowest BCUT2D eigenvalue weighted by molar-refractivity contribution is 0.249. The molecule has 1 N–H and O–H groups in total. The minimum Gasteiger partial charge on any atom is -0.336 e. The third kappa shape index (κ3) is 5.14. The summed E-state index contributed by atoms with van der Waals surface area (Å²) in [5.41, 5.74) is 0. The van der Waals surface area contributed by atoms with Gasteiger partial charge in [0.2, 0.25) is 0 Å². The molecule has 0 spiro atoms. The third-order valence-corrected chi connectivity index (χ3v) is 0.765. The van der Waals surface area contributed by atoms with E-state index in [1.165, 1.54) is 0 Å². The Kier molecular flexibility index (Phi) is 4.97. The van der Waals surface area contributed by atoms with E-state index in [9.17, 15) is 4.79 Å². The molecular formula is C5H8N2OS. The van der Waals surface area contributed by atoms with Crippen LogP contribution < -0.4 is 5.32 Å². The third-order valence-electron chi connectivity index (χ3n) is 0.673. The van der Waals surface area contributed by atoms with E-state index in [4.69, 9.17) is 0 Å². The number of hydrogen-bond donors (Lipinski definition) is 1. The van der Waals surface area contributed by atoms with Crippen LogP contribution in [-0.2, 0) is 0 Å². The van der Waals surface area contributed by atoms with Crippen molar-refractivity contribution in [2.24, 2.45) is 4.99 Å². The fourth-order valence-electron chi connectivity index (χ4n) is 0.313. The van der Waals surface area contributed by atoms with Crippen LogP contribution in [0.25, 0.3) is 0 Å². The van der Waals surface area contributed by atoms with E-state index >= 15 is 0 Å². The van der Waals surface area contributed by atoms with E-state index in [0.29, 0.717) is 6.54 Å². The van der Waals surface area contributed by atoms with Crippen LogP contribution in [0.5, 0.6) is 0 Å². The number of hydrogen-bond acceptors (Lipinski definition) is 2. The largest absolute Gasteiger partial charge is 0.349 e. The van der Waals surface area contributed by atoms with Gasteiger partial charge in [0.25, 0.3) is 0 Å². The molecule has 0 atom stereocenters. The predicted octanol–water partition coefficient (Wildman–Crippen LogP) is 1.21. The molecule has 0 aliphatic carbocycles. The topological polar surface area (TPSA) is 41.5 Å². The number of amides is 2. The van der Waals surface area contributed by atoms with Gasteiger partial charge in [0, 0.05) is 6.54 Å². The minimum atomic E-state index is -0.410. The quantitative estimate of drug-likeness (QED) is 0.467. The zero-order valence-corrected chi connectivity index (χ0v) is 5.99. The molecule has 4 heteroatoms. The summed E-state index contributed by atoms with van der Waals surface area (Å²) >= 11 is 4.20. The fraction of sp³-hybridized carbons (Fsp3) is 0.600. The van der Waals surface area contributed by atoms with Crippen molar-refractivity contribution in [1.82, 2.24) is 5.32 Å². The van der Waals surface area contributed by atoms with Gasteiger partial charge in [-0.15, -0.1) is 4.99 Å². The average Bonchev–Trinajstić information content (AvgIpc) is 1.85. The normalized spacial score (nSPS) is 7.67. The van der Waals surface area contributed by atoms with Crippen molar-refractivity contribution in [3.8, 4) is 0 Å². The Labute approximate surface area is 59.2 Å². The maximum Gasteiger partial charge on any atom is 0.349 e. The lowest BCUT2D eigenvalue weighted by Crippen LogP contribution is -2.19. The highest BCUT2D eigenvalue weighted by Crippen LogP contribution is 1.73. The van der Waals surface area contributed by atoms with E-state index < -0.39 is 6.03 Å². The summed E-state index contributed by atoms with van der Waals surface area (Å²) in [6, 6.07) is -0.410. The molecule has 0 bridgehead atoms. The second-order valence-corrected chi connectivity index (χ2v) is 1.62. The van der Waals surface area contributed by atoms with Gasteiger partial charge < -0.3 is 5.32 Å². The van der Waals surface area contributed by atoms with Crippen LogP contribution >= 0.6 is 12.2 Å². The van der Waals surface area contributed by atoms with E-state index in [0.717, 1.165) is 6.42 Å². The second kappa shape index (κ2) is 5.41. The van der Waals surface area contributed by atoms with Crippen LogP contribution in [0.4, 0.5) is 4.79 Å². The lowest BCUT2D eigenvalue weighted by atomic mass is 10.5. The van der Waals surface area contributed by atoms with E-state index in [2.05, 4.69) is 22.5 Å². The number of isothiocyanates is 1. The second-order valence-electron chi connectivity index (χ2n) is 1.44. The number of thiocarbonyl (C=S) groups is 1. The first-order chi connectivity index (χ1) is 4.31. The molecule has 0 aromatic heterocycles. The number of nitrogens with zero attached hydrogens (tertiary/aromatic N) is 1. The average molecular weight is 144 g/mol. The maximum atomic E-state index is 10.4.